The van der Waals surface area contributed by atoms with E-state index in [1.54, 1.807) is 31.2 Å². The molecule has 1 N–H and O–H groups in total. The maximum absolute atomic E-state index is 13.7. The van der Waals surface area contributed by atoms with Crippen LogP contribution in [0.1, 0.15) is 12.5 Å². The van der Waals surface area contributed by atoms with Crippen molar-refractivity contribution in [2.45, 2.75) is 11.8 Å². The van der Waals surface area contributed by atoms with Gasteiger partial charge in [-0.1, -0.05) is 12.1 Å². The Morgan fingerprint density at radius 1 is 0.974 bits per heavy atom. The van der Waals surface area contributed by atoms with E-state index in [0.29, 0.717) is 22.8 Å². The lowest BCUT2D eigenvalue weighted by atomic mass is 10.1. The zero-order chi connectivity index (χ0) is 27.9. The quantitative estimate of drug-likeness (QED) is 0.220. The number of nitrogens with one attached hydrogen (secondary N) is 1. The number of para-hydroxylation sites is 1. The monoisotopic (exact) mass is 542 g/mol. The summed E-state index contributed by atoms with van der Waals surface area (Å²) in [6.07, 6.45) is 0. The van der Waals surface area contributed by atoms with Crippen LogP contribution in [0.4, 0.5) is 11.4 Å². The Kier molecular flexibility index (Phi) is 8.86. The minimum absolute atomic E-state index is 0.0301. The molecule has 0 fully saturated rings. The van der Waals surface area contributed by atoms with E-state index in [0.717, 1.165) is 16.4 Å². The molecule has 0 heterocycles. The number of nitro groups is 1. The van der Waals surface area contributed by atoms with Crippen molar-refractivity contribution in [2.75, 3.05) is 32.2 Å². The van der Waals surface area contributed by atoms with Gasteiger partial charge >= 0.3 is 0 Å². The van der Waals surface area contributed by atoms with Crippen LogP contribution in [0, 0.1) is 10.1 Å². The topological polar surface area (TPSA) is 150 Å². The van der Waals surface area contributed by atoms with E-state index in [1.165, 1.54) is 51.7 Å². The van der Waals surface area contributed by atoms with Gasteiger partial charge in [-0.2, -0.15) is 5.10 Å². The van der Waals surface area contributed by atoms with Crippen LogP contribution in [0.15, 0.2) is 76.7 Å². The van der Waals surface area contributed by atoms with Crippen molar-refractivity contribution in [1.82, 2.24) is 5.43 Å². The van der Waals surface area contributed by atoms with Crippen molar-refractivity contribution in [3.05, 3.63) is 82.4 Å². The molecule has 3 aromatic rings. The minimum atomic E-state index is -4.63. The van der Waals surface area contributed by atoms with Gasteiger partial charge in [-0.05, 0) is 55.0 Å². The van der Waals surface area contributed by atoms with Gasteiger partial charge < -0.3 is 14.2 Å². The molecule has 0 spiro atoms. The second-order valence-corrected chi connectivity index (χ2v) is 9.57. The van der Waals surface area contributed by atoms with Crippen LogP contribution >= 0.6 is 0 Å². The Bertz CT molecular complexity index is 1460. The molecule has 0 aliphatic heterocycles. The number of anilines is 1. The highest BCUT2D eigenvalue weighted by Crippen LogP contribution is 2.37. The highest BCUT2D eigenvalue weighted by molar-refractivity contribution is 7.93. The SMILES string of the molecule is COc1ccc(/C(C)=N\NC(=O)CN(c2ccc(OC)cc2OC)S(=O)(=O)c2ccccc2[N+](=O)[O-])cc1. The predicted octanol–water partition coefficient (Wildman–Crippen LogP) is 3.36. The van der Waals surface area contributed by atoms with E-state index in [4.69, 9.17) is 14.2 Å². The van der Waals surface area contributed by atoms with Crippen LogP contribution in [0.25, 0.3) is 0 Å². The number of rotatable bonds is 11. The van der Waals surface area contributed by atoms with Crippen LogP contribution in [-0.4, -0.2) is 52.8 Å². The Balaban J connectivity index is 2.01. The second kappa shape index (κ2) is 12.1. The van der Waals surface area contributed by atoms with Gasteiger partial charge in [0, 0.05) is 12.1 Å². The van der Waals surface area contributed by atoms with E-state index in [2.05, 4.69) is 10.5 Å². The normalized spacial score (nSPS) is 11.4. The molecular formula is C25H26N4O8S. The Hall–Kier alpha value is -4.65. The van der Waals surface area contributed by atoms with Gasteiger partial charge in [-0.15, -0.1) is 0 Å². The molecule has 200 valence electrons. The van der Waals surface area contributed by atoms with E-state index in [-0.39, 0.29) is 11.4 Å². The number of nitro benzene ring substituents is 1. The van der Waals surface area contributed by atoms with Gasteiger partial charge in [0.2, 0.25) is 0 Å². The number of hydrogen-bond acceptors (Lipinski definition) is 9. The number of sulfonamides is 1. The largest absolute Gasteiger partial charge is 0.497 e. The smallest absolute Gasteiger partial charge is 0.289 e. The van der Waals surface area contributed by atoms with Crippen molar-refractivity contribution >= 4 is 33.0 Å². The van der Waals surface area contributed by atoms with Gasteiger partial charge in [0.15, 0.2) is 4.90 Å². The van der Waals surface area contributed by atoms with Gasteiger partial charge in [-0.25, -0.2) is 13.8 Å². The van der Waals surface area contributed by atoms with Crippen molar-refractivity contribution < 1.29 is 32.3 Å². The lowest BCUT2D eigenvalue weighted by Crippen LogP contribution is -2.40. The Morgan fingerprint density at radius 2 is 1.61 bits per heavy atom. The van der Waals surface area contributed by atoms with E-state index in [9.17, 15) is 23.3 Å². The number of ether oxygens (including phenoxy) is 3. The highest BCUT2D eigenvalue weighted by Gasteiger charge is 2.34. The average Bonchev–Trinajstić information content (AvgIpc) is 2.94. The molecule has 12 nitrogen and oxygen atoms in total. The van der Waals surface area contributed by atoms with Crippen molar-refractivity contribution in [2.24, 2.45) is 5.10 Å². The summed E-state index contributed by atoms with van der Waals surface area (Å²) in [6.45, 7) is 0.910. The van der Waals surface area contributed by atoms with Crippen molar-refractivity contribution in [3.8, 4) is 17.2 Å². The molecule has 0 saturated heterocycles. The molecule has 0 unspecified atom stereocenters. The van der Waals surface area contributed by atoms with Crippen LogP contribution in [0.3, 0.4) is 0 Å². The molecule has 0 aromatic heterocycles. The number of nitrogens with zero attached hydrogens (tertiary/aromatic N) is 3. The van der Waals surface area contributed by atoms with Crippen LogP contribution in [0.5, 0.6) is 17.2 Å². The number of amides is 1. The van der Waals surface area contributed by atoms with Gasteiger partial charge in [0.25, 0.3) is 21.6 Å². The highest BCUT2D eigenvalue weighted by atomic mass is 32.2. The zero-order valence-electron chi connectivity index (χ0n) is 21.1. The van der Waals surface area contributed by atoms with E-state index >= 15 is 0 Å². The lowest BCUT2D eigenvalue weighted by Gasteiger charge is -2.25. The fourth-order valence-corrected chi connectivity index (χ4v) is 5.04. The number of benzene rings is 3. The summed E-state index contributed by atoms with van der Waals surface area (Å²) < 4.78 is 43.9. The number of hydrazone groups is 1. The molecular weight excluding hydrogens is 516 g/mol. The summed E-state index contributed by atoms with van der Waals surface area (Å²) >= 11 is 0. The van der Waals surface area contributed by atoms with Crippen LogP contribution in [-0.2, 0) is 14.8 Å². The number of methoxy groups -OCH3 is 3. The predicted molar refractivity (Wildman–Crippen MR) is 141 cm³/mol. The van der Waals surface area contributed by atoms with E-state index in [1.807, 2.05) is 0 Å². The summed E-state index contributed by atoms with van der Waals surface area (Å²) in [7, 11) is -0.349. The third kappa shape index (κ3) is 6.18. The molecule has 3 aromatic carbocycles. The first kappa shape index (κ1) is 27.9. The molecule has 38 heavy (non-hydrogen) atoms. The number of carbonyl (C=O) groups excluding carboxylic acids is 1. The van der Waals surface area contributed by atoms with Gasteiger partial charge in [0.1, 0.15) is 23.8 Å². The number of hydrogen-bond donors (Lipinski definition) is 1. The summed E-state index contributed by atoms with van der Waals surface area (Å²) in [4.78, 5) is 23.1. The molecule has 0 aliphatic rings. The van der Waals surface area contributed by atoms with Gasteiger partial charge in [0.05, 0.1) is 37.7 Å². The average molecular weight is 543 g/mol. The molecule has 0 aliphatic carbocycles. The fourth-order valence-electron chi connectivity index (χ4n) is 3.44. The number of carbonyl (C=O) groups is 1. The maximum atomic E-state index is 13.7. The minimum Gasteiger partial charge on any atom is -0.497 e. The third-order valence-corrected chi connectivity index (χ3v) is 7.24. The van der Waals surface area contributed by atoms with Crippen LogP contribution in [0.2, 0.25) is 0 Å². The molecule has 3 rings (SSSR count). The van der Waals surface area contributed by atoms with Crippen molar-refractivity contribution in [1.29, 1.82) is 0 Å². The van der Waals surface area contributed by atoms with E-state index < -0.39 is 38.0 Å². The maximum Gasteiger partial charge on any atom is 0.289 e. The lowest BCUT2D eigenvalue weighted by molar-refractivity contribution is -0.387. The Morgan fingerprint density at radius 3 is 2.21 bits per heavy atom. The molecule has 0 atom stereocenters. The van der Waals surface area contributed by atoms with Gasteiger partial charge in [-0.3, -0.25) is 19.2 Å². The summed E-state index contributed by atoms with van der Waals surface area (Å²) in [6, 6.07) is 16.1. The second-order valence-electron chi connectivity index (χ2n) is 7.73. The Labute approximate surface area is 219 Å². The summed E-state index contributed by atoms with van der Waals surface area (Å²) in [5.41, 5.74) is 2.83. The molecule has 0 saturated carbocycles. The fraction of sp³-hybridized carbons (Fsp3) is 0.200. The van der Waals surface area contributed by atoms with Crippen LogP contribution < -0.4 is 23.9 Å². The van der Waals surface area contributed by atoms with Crippen molar-refractivity contribution in [3.63, 3.8) is 0 Å². The first-order valence-corrected chi connectivity index (χ1v) is 12.5. The first-order valence-electron chi connectivity index (χ1n) is 11.1. The molecule has 1 amide bonds. The standard InChI is InChI=1S/C25H26N4O8S/c1-17(18-9-11-19(35-2)12-10-18)26-27-25(30)16-28(21-14-13-20(36-3)15-23(21)37-4)38(33,34)24-8-6-5-7-22(24)29(31)32/h5-15H,16H2,1-4H3,(H,27,30)/b26-17-. The molecule has 0 bridgehead atoms. The molecule has 13 heteroatoms. The third-order valence-electron chi connectivity index (χ3n) is 5.43. The summed E-state index contributed by atoms with van der Waals surface area (Å²) in [5.74, 6) is 0.294. The summed E-state index contributed by atoms with van der Waals surface area (Å²) in [5, 5.41) is 15.6. The zero-order valence-corrected chi connectivity index (χ0v) is 21.9. The molecule has 0 radical (unpaired) electrons. The first-order chi connectivity index (χ1) is 18.1.